The number of nitriles is 1. The Morgan fingerprint density at radius 1 is 1.50 bits per heavy atom. The Kier molecular flexibility index (Phi) is 4.71. The minimum absolute atomic E-state index is 0.352. The Morgan fingerprint density at radius 2 is 2.22 bits per heavy atom. The maximum atomic E-state index is 9.53. The van der Waals surface area contributed by atoms with Crippen LogP contribution in [0.1, 0.15) is 19.8 Å². The van der Waals surface area contributed by atoms with E-state index in [1.54, 1.807) is 11.8 Å². The molecule has 0 amide bonds. The largest absolute Gasteiger partial charge is 0.299 e. The SMILES string of the molecule is CCNC(C#N)(CSc1ccccc1Br)C1CC1. The smallest absolute Gasteiger partial charge is 0.119 e. The number of halogens is 1. The van der Waals surface area contributed by atoms with Gasteiger partial charge in [-0.2, -0.15) is 5.26 Å². The number of hydrogen-bond acceptors (Lipinski definition) is 3. The van der Waals surface area contributed by atoms with E-state index in [-0.39, 0.29) is 5.54 Å². The van der Waals surface area contributed by atoms with Gasteiger partial charge in [-0.15, -0.1) is 11.8 Å². The van der Waals surface area contributed by atoms with Crippen molar-refractivity contribution in [2.75, 3.05) is 12.3 Å². The highest BCUT2D eigenvalue weighted by Crippen LogP contribution is 2.42. The summed E-state index contributed by atoms with van der Waals surface area (Å²) in [4.78, 5) is 1.20. The summed E-state index contributed by atoms with van der Waals surface area (Å²) in [6, 6.07) is 10.7. The molecule has 1 aliphatic carbocycles. The van der Waals surface area contributed by atoms with Gasteiger partial charge >= 0.3 is 0 Å². The second-order valence-electron chi connectivity index (χ2n) is 4.61. The highest BCUT2D eigenvalue weighted by molar-refractivity contribution is 9.10. The molecule has 1 N–H and O–H groups in total. The third-order valence-corrected chi connectivity index (χ3v) is 5.48. The summed E-state index contributed by atoms with van der Waals surface area (Å²) in [7, 11) is 0. The Balaban J connectivity index is 2.06. The van der Waals surface area contributed by atoms with Gasteiger partial charge in [0, 0.05) is 15.1 Å². The third kappa shape index (κ3) is 3.09. The van der Waals surface area contributed by atoms with Crippen molar-refractivity contribution < 1.29 is 0 Å². The Hall–Kier alpha value is -0.500. The lowest BCUT2D eigenvalue weighted by Crippen LogP contribution is -2.48. The lowest BCUT2D eigenvalue weighted by Gasteiger charge is -2.27. The summed E-state index contributed by atoms with van der Waals surface area (Å²) in [5.74, 6) is 1.34. The average molecular weight is 325 g/mol. The van der Waals surface area contributed by atoms with Crippen molar-refractivity contribution in [3.8, 4) is 6.07 Å². The van der Waals surface area contributed by atoms with Gasteiger partial charge in [0.2, 0.25) is 0 Å². The van der Waals surface area contributed by atoms with Crippen LogP contribution in [-0.4, -0.2) is 17.8 Å². The summed E-state index contributed by atoms with van der Waals surface area (Å²) < 4.78 is 1.11. The summed E-state index contributed by atoms with van der Waals surface area (Å²) in [6.45, 7) is 2.91. The van der Waals surface area contributed by atoms with Gasteiger partial charge in [0.25, 0.3) is 0 Å². The average Bonchev–Trinajstić information content (AvgIpc) is 3.21. The zero-order chi connectivity index (χ0) is 13.0. The number of nitrogens with zero attached hydrogens (tertiary/aromatic N) is 1. The maximum absolute atomic E-state index is 9.53. The first-order valence-corrected chi connectivity index (χ1v) is 8.03. The molecule has 0 aromatic heterocycles. The molecule has 1 aliphatic rings. The van der Waals surface area contributed by atoms with E-state index >= 15 is 0 Å². The van der Waals surface area contributed by atoms with E-state index in [4.69, 9.17) is 0 Å². The van der Waals surface area contributed by atoms with Crippen molar-refractivity contribution in [2.24, 2.45) is 5.92 Å². The van der Waals surface area contributed by atoms with Crippen LogP contribution in [0.25, 0.3) is 0 Å². The lowest BCUT2D eigenvalue weighted by molar-refractivity contribution is 0.416. The Morgan fingerprint density at radius 3 is 2.78 bits per heavy atom. The van der Waals surface area contributed by atoms with Gasteiger partial charge in [0.15, 0.2) is 0 Å². The molecule has 18 heavy (non-hydrogen) atoms. The fourth-order valence-electron chi connectivity index (χ4n) is 2.12. The first kappa shape index (κ1) is 13.9. The molecule has 1 atom stereocenters. The van der Waals surface area contributed by atoms with E-state index in [9.17, 15) is 5.26 Å². The zero-order valence-corrected chi connectivity index (χ0v) is 12.9. The van der Waals surface area contributed by atoms with Gasteiger partial charge in [-0.3, -0.25) is 5.32 Å². The molecule has 1 fully saturated rings. The Bertz CT molecular complexity index is 453. The van der Waals surface area contributed by atoms with Crippen LogP contribution in [0.3, 0.4) is 0 Å². The van der Waals surface area contributed by atoms with E-state index < -0.39 is 0 Å². The highest BCUT2D eigenvalue weighted by Gasteiger charge is 2.45. The summed E-state index contributed by atoms with van der Waals surface area (Å²) in [6.07, 6.45) is 2.36. The van der Waals surface area contributed by atoms with Gasteiger partial charge in [0.1, 0.15) is 5.54 Å². The first-order chi connectivity index (χ1) is 8.72. The molecular weight excluding hydrogens is 308 g/mol. The van der Waals surface area contributed by atoms with Gasteiger partial charge < -0.3 is 0 Å². The van der Waals surface area contributed by atoms with Crippen molar-refractivity contribution in [3.63, 3.8) is 0 Å². The first-order valence-electron chi connectivity index (χ1n) is 6.25. The molecule has 1 saturated carbocycles. The molecule has 0 bridgehead atoms. The van der Waals surface area contributed by atoms with E-state index in [1.807, 2.05) is 18.2 Å². The minimum atomic E-state index is -0.352. The van der Waals surface area contributed by atoms with Crippen LogP contribution in [0.15, 0.2) is 33.6 Å². The second-order valence-corrected chi connectivity index (χ2v) is 6.48. The van der Waals surface area contributed by atoms with E-state index in [0.29, 0.717) is 5.92 Å². The van der Waals surface area contributed by atoms with E-state index in [1.165, 1.54) is 17.7 Å². The molecule has 2 rings (SSSR count). The van der Waals surface area contributed by atoms with Crippen LogP contribution >= 0.6 is 27.7 Å². The van der Waals surface area contributed by atoms with Gasteiger partial charge in [-0.1, -0.05) is 19.1 Å². The van der Waals surface area contributed by atoms with Crippen LogP contribution in [-0.2, 0) is 0 Å². The number of nitrogens with one attached hydrogen (secondary N) is 1. The monoisotopic (exact) mass is 324 g/mol. The molecule has 4 heteroatoms. The molecule has 1 unspecified atom stereocenters. The minimum Gasteiger partial charge on any atom is -0.299 e. The molecule has 0 spiro atoms. The Labute approximate surface area is 121 Å². The number of thioether (sulfide) groups is 1. The fourth-order valence-corrected chi connectivity index (χ4v) is 3.92. The van der Waals surface area contributed by atoms with Crippen LogP contribution in [0.5, 0.6) is 0 Å². The summed E-state index contributed by atoms with van der Waals surface area (Å²) in [5, 5.41) is 12.9. The molecule has 0 saturated heterocycles. The maximum Gasteiger partial charge on any atom is 0.119 e. The van der Waals surface area contributed by atoms with E-state index in [2.05, 4.69) is 40.3 Å². The molecule has 0 heterocycles. The summed E-state index contributed by atoms with van der Waals surface area (Å²) >= 11 is 5.31. The van der Waals surface area contributed by atoms with Crippen LogP contribution in [0.4, 0.5) is 0 Å². The van der Waals surface area contributed by atoms with Crippen LogP contribution < -0.4 is 5.32 Å². The standard InChI is InChI=1S/C14H17BrN2S/c1-2-17-14(9-16,11-7-8-11)10-18-13-6-4-3-5-12(13)15/h3-6,11,17H,2,7-8,10H2,1H3. The molecule has 96 valence electrons. The molecule has 0 aliphatic heterocycles. The lowest BCUT2D eigenvalue weighted by atomic mass is 9.98. The summed E-state index contributed by atoms with van der Waals surface area (Å²) in [5.41, 5.74) is -0.352. The van der Waals surface area contributed by atoms with Crippen molar-refractivity contribution in [2.45, 2.75) is 30.2 Å². The second kappa shape index (κ2) is 6.10. The molecule has 1 aromatic rings. The number of rotatable bonds is 6. The number of hydrogen-bond donors (Lipinski definition) is 1. The zero-order valence-electron chi connectivity index (χ0n) is 10.4. The van der Waals surface area contributed by atoms with Gasteiger partial charge in [-0.25, -0.2) is 0 Å². The quantitative estimate of drug-likeness (QED) is 0.808. The van der Waals surface area contributed by atoms with Crippen molar-refractivity contribution in [1.29, 1.82) is 5.26 Å². The van der Waals surface area contributed by atoms with Gasteiger partial charge in [0.05, 0.1) is 6.07 Å². The molecule has 2 nitrogen and oxygen atoms in total. The molecule has 0 radical (unpaired) electrons. The van der Waals surface area contributed by atoms with Crippen molar-refractivity contribution in [1.82, 2.24) is 5.32 Å². The third-order valence-electron chi connectivity index (χ3n) is 3.26. The van der Waals surface area contributed by atoms with Crippen molar-refractivity contribution >= 4 is 27.7 Å². The highest BCUT2D eigenvalue weighted by atomic mass is 79.9. The van der Waals surface area contributed by atoms with Gasteiger partial charge in [-0.05, 0) is 53.4 Å². The predicted octanol–water partition coefficient (Wildman–Crippen LogP) is 3.82. The van der Waals surface area contributed by atoms with E-state index in [0.717, 1.165) is 16.8 Å². The predicted molar refractivity (Wildman–Crippen MR) is 79.6 cm³/mol. The van der Waals surface area contributed by atoms with Crippen LogP contribution in [0, 0.1) is 17.2 Å². The molecule has 1 aromatic carbocycles. The van der Waals surface area contributed by atoms with Crippen molar-refractivity contribution in [3.05, 3.63) is 28.7 Å². The normalized spacial score (nSPS) is 18.1. The number of benzene rings is 1. The molecular formula is C14H17BrN2S. The topological polar surface area (TPSA) is 35.8 Å². The fraction of sp³-hybridized carbons (Fsp3) is 0.500. The van der Waals surface area contributed by atoms with Crippen LogP contribution in [0.2, 0.25) is 0 Å².